The summed E-state index contributed by atoms with van der Waals surface area (Å²) in [5.41, 5.74) is -0.206. The van der Waals surface area contributed by atoms with Gasteiger partial charge in [-0.15, -0.1) is 0 Å². The molecule has 0 aliphatic heterocycles. The second-order valence-electron chi connectivity index (χ2n) is 3.52. The third-order valence-electron chi connectivity index (χ3n) is 2.10. The summed E-state index contributed by atoms with van der Waals surface area (Å²) in [6, 6.07) is -1.57. The lowest BCUT2D eigenvalue weighted by atomic mass is 10.2. The standard InChI is InChI=1S/C10H10ClN3O5S/c1-20-10-12-3-4(11)7(14-10)8(17)13-5(9(18)19)2-6(15)16/h3,5H,2H2,1H3,(H,13,17)(H,15,16)(H,18,19)/t5-/m1/s1. The molecule has 1 rings (SSSR count). The zero-order valence-corrected chi connectivity index (χ0v) is 11.7. The Labute approximate surface area is 122 Å². The van der Waals surface area contributed by atoms with Crippen LogP contribution in [0.1, 0.15) is 16.9 Å². The molecular formula is C10H10ClN3O5S. The van der Waals surface area contributed by atoms with E-state index in [-0.39, 0.29) is 15.9 Å². The molecule has 0 aliphatic rings. The first-order valence-electron chi connectivity index (χ1n) is 5.17. The van der Waals surface area contributed by atoms with Crippen LogP contribution >= 0.6 is 23.4 Å². The van der Waals surface area contributed by atoms with Gasteiger partial charge in [-0.2, -0.15) is 0 Å². The molecule has 1 aromatic heterocycles. The maximum atomic E-state index is 11.9. The van der Waals surface area contributed by atoms with Crippen molar-refractivity contribution >= 4 is 41.2 Å². The summed E-state index contributed by atoms with van der Waals surface area (Å²) in [5, 5.41) is 19.7. The first-order valence-corrected chi connectivity index (χ1v) is 6.77. The van der Waals surface area contributed by atoms with Gasteiger partial charge in [0, 0.05) is 0 Å². The molecule has 10 heteroatoms. The molecule has 1 atom stereocenters. The Bertz CT molecular complexity index is 554. The maximum Gasteiger partial charge on any atom is 0.326 e. The molecule has 108 valence electrons. The number of halogens is 1. The van der Waals surface area contributed by atoms with Gasteiger partial charge in [-0.1, -0.05) is 23.4 Å². The van der Waals surface area contributed by atoms with E-state index < -0.39 is 30.3 Å². The summed E-state index contributed by atoms with van der Waals surface area (Å²) < 4.78 is 0. The minimum absolute atomic E-state index is 0.0558. The Morgan fingerprint density at radius 3 is 2.60 bits per heavy atom. The van der Waals surface area contributed by atoms with Gasteiger partial charge in [0.05, 0.1) is 17.6 Å². The van der Waals surface area contributed by atoms with Gasteiger partial charge in [-0.3, -0.25) is 9.59 Å². The van der Waals surface area contributed by atoms with Gasteiger partial charge in [0.25, 0.3) is 5.91 Å². The summed E-state index contributed by atoms with van der Waals surface area (Å²) in [7, 11) is 0. The van der Waals surface area contributed by atoms with Gasteiger partial charge in [-0.05, 0) is 6.26 Å². The molecule has 8 nitrogen and oxygen atoms in total. The van der Waals surface area contributed by atoms with Crippen molar-refractivity contribution in [3.8, 4) is 0 Å². The zero-order chi connectivity index (χ0) is 15.3. The van der Waals surface area contributed by atoms with E-state index in [1.54, 1.807) is 6.26 Å². The van der Waals surface area contributed by atoms with Crippen LogP contribution in [0.25, 0.3) is 0 Å². The quantitative estimate of drug-likeness (QED) is 0.511. The van der Waals surface area contributed by atoms with Gasteiger partial charge in [0.15, 0.2) is 10.9 Å². The van der Waals surface area contributed by atoms with Crippen LogP contribution in [0.5, 0.6) is 0 Å². The number of carboxylic acids is 2. The zero-order valence-electron chi connectivity index (χ0n) is 10.2. The second kappa shape index (κ2) is 7.06. The molecule has 0 unspecified atom stereocenters. The predicted molar refractivity (Wildman–Crippen MR) is 70.0 cm³/mol. The average molecular weight is 320 g/mol. The van der Waals surface area contributed by atoms with E-state index in [0.29, 0.717) is 0 Å². The molecule has 3 N–H and O–H groups in total. The highest BCUT2D eigenvalue weighted by Gasteiger charge is 2.25. The van der Waals surface area contributed by atoms with Crippen LogP contribution in [-0.4, -0.2) is 50.3 Å². The molecule has 0 saturated heterocycles. The van der Waals surface area contributed by atoms with Crippen LogP contribution in [0, 0.1) is 0 Å². The van der Waals surface area contributed by atoms with E-state index in [4.69, 9.17) is 21.8 Å². The van der Waals surface area contributed by atoms with Crippen LogP contribution in [0.15, 0.2) is 11.4 Å². The van der Waals surface area contributed by atoms with E-state index >= 15 is 0 Å². The molecule has 1 aromatic rings. The molecule has 0 bridgehead atoms. The number of rotatable bonds is 6. The Hall–Kier alpha value is -1.87. The third-order valence-corrected chi connectivity index (χ3v) is 2.94. The molecule has 1 heterocycles. The second-order valence-corrected chi connectivity index (χ2v) is 4.70. The Kier molecular flexibility index (Phi) is 5.71. The highest BCUT2D eigenvalue weighted by Crippen LogP contribution is 2.16. The van der Waals surface area contributed by atoms with E-state index in [0.717, 1.165) is 0 Å². The molecule has 0 radical (unpaired) electrons. The minimum Gasteiger partial charge on any atom is -0.481 e. The lowest BCUT2D eigenvalue weighted by molar-refractivity contribution is -0.145. The number of carboxylic acid groups (broad SMARTS) is 2. The molecule has 0 spiro atoms. The fourth-order valence-electron chi connectivity index (χ4n) is 1.21. The van der Waals surface area contributed by atoms with Gasteiger partial charge in [0.1, 0.15) is 6.04 Å². The normalized spacial score (nSPS) is 11.7. The first-order chi connectivity index (χ1) is 9.35. The van der Waals surface area contributed by atoms with Crippen LogP contribution in [0.2, 0.25) is 5.02 Å². The number of thioether (sulfide) groups is 1. The molecule has 20 heavy (non-hydrogen) atoms. The largest absolute Gasteiger partial charge is 0.481 e. The Balaban J connectivity index is 2.94. The fourth-order valence-corrected chi connectivity index (χ4v) is 1.73. The lowest BCUT2D eigenvalue weighted by Crippen LogP contribution is -2.42. The Morgan fingerprint density at radius 1 is 1.45 bits per heavy atom. The summed E-state index contributed by atoms with van der Waals surface area (Å²) in [4.78, 5) is 41.0. The number of nitrogens with one attached hydrogen (secondary N) is 1. The van der Waals surface area contributed by atoms with Gasteiger partial charge >= 0.3 is 11.9 Å². The number of hydrogen-bond acceptors (Lipinski definition) is 6. The number of carbonyl (C=O) groups excluding carboxylic acids is 1. The molecule has 0 aliphatic carbocycles. The van der Waals surface area contributed by atoms with Crippen molar-refractivity contribution in [2.24, 2.45) is 0 Å². The lowest BCUT2D eigenvalue weighted by Gasteiger charge is -2.12. The van der Waals surface area contributed by atoms with Gasteiger partial charge in [0.2, 0.25) is 0 Å². The minimum atomic E-state index is -1.57. The fraction of sp³-hybridized carbons (Fsp3) is 0.300. The SMILES string of the molecule is CSc1ncc(Cl)c(C(=O)N[C@H](CC(=O)O)C(=O)O)n1. The van der Waals surface area contributed by atoms with Crippen molar-refractivity contribution < 1.29 is 24.6 Å². The molecule has 0 fully saturated rings. The predicted octanol–water partition coefficient (Wildman–Crippen LogP) is 0.510. The number of nitrogens with zero attached hydrogens (tertiary/aromatic N) is 2. The van der Waals surface area contributed by atoms with E-state index in [1.165, 1.54) is 18.0 Å². The van der Waals surface area contributed by atoms with Crippen molar-refractivity contribution in [1.82, 2.24) is 15.3 Å². The highest BCUT2D eigenvalue weighted by molar-refractivity contribution is 7.98. The van der Waals surface area contributed by atoms with Gasteiger partial charge < -0.3 is 15.5 Å². The van der Waals surface area contributed by atoms with E-state index in [1.807, 2.05) is 0 Å². The summed E-state index contributed by atoms with van der Waals surface area (Å²) in [5.74, 6) is -3.69. The molecule has 1 amide bonds. The maximum absolute atomic E-state index is 11.9. The van der Waals surface area contributed by atoms with E-state index in [9.17, 15) is 14.4 Å². The van der Waals surface area contributed by atoms with Crippen LogP contribution in [0.3, 0.4) is 0 Å². The van der Waals surface area contributed by atoms with Crippen molar-refractivity contribution in [3.63, 3.8) is 0 Å². The van der Waals surface area contributed by atoms with Crippen molar-refractivity contribution in [2.45, 2.75) is 17.6 Å². The van der Waals surface area contributed by atoms with Crippen molar-refractivity contribution in [2.75, 3.05) is 6.26 Å². The number of hydrogen-bond donors (Lipinski definition) is 3. The number of aliphatic carboxylic acids is 2. The van der Waals surface area contributed by atoms with Crippen LogP contribution in [0.4, 0.5) is 0 Å². The van der Waals surface area contributed by atoms with E-state index in [2.05, 4.69) is 15.3 Å². The topological polar surface area (TPSA) is 129 Å². The Morgan fingerprint density at radius 2 is 2.10 bits per heavy atom. The molecule has 0 saturated carbocycles. The monoisotopic (exact) mass is 319 g/mol. The first kappa shape index (κ1) is 16.2. The number of aromatic nitrogens is 2. The summed E-state index contributed by atoms with van der Waals surface area (Å²) in [6.45, 7) is 0. The van der Waals surface area contributed by atoms with Crippen molar-refractivity contribution in [1.29, 1.82) is 0 Å². The highest BCUT2D eigenvalue weighted by atomic mass is 35.5. The van der Waals surface area contributed by atoms with Crippen LogP contribution < -0.4 is 5.32 Å². The van der Waals surface area contributed by atoms with Crippen molar-refractivity contribution in [3.05, 3.63) is 16.9 Å². The summed E-state index contributed by atoms with van der Waals surface area (Å²) >= 11 is 6.93. The third kappa shape index (κ3) is 4.35. The van der Waals surface area contributed by atoms with Crippen LogP contribution in [-0.2, 0) is 9.59 Å². The molecular weight excluding hydrogens is 310 g/mol. The smallest absolute Gasteiger partial charge is 0.326 e. The van der Waals surface area contributed by atoms with Gasteiger partial charge in [-0.25, -0.2) is 14.8 Å². The number of amides is 1. The average Bonchev–Trinajstić information content (AvgIpc) is 2.37. The summed E-state index contributed by atoms with van der Waals surface area (Å²) in [6.07, 6.45) is 2.15. The number of carbonyl (C=O) groups is 3. The molecule has 0 aromatic carbocycles.